The molecule has 2 unspecified atom stereocenters. The molecule has 19 heavy (non-hydrogen) atoms. The molecule has 4 N–H and O–H groups in total. The highest BCUT2D eigenvalue weighted by molar-refractivity contribution is 5.95. The third-order valence-corrected chi connectivity index (χ3v) is 3.44. The van der Waals surface area contributed by atoms with Crippen molar-refractivity contribution < 1.29 is 14.7 Å². The number of hydrogen-bond acceptors (Lipinski definition) is 5. The summed E-state index contributed by atoms with van der Waals surface area (Å²) in [7, 11) is 0. The Kier molecular flexibility index (Phi) is 3.94. The van der Waals surface area contributed by atoms with Crippen molar-refractivity contribution in [1.29, 1.82) is 0 Å². The fraction of sp³-hybridized carbons (Fsp3) is 0.500. The number of rotatable bonds is 5. The van der Waals surface area contributed by atoms with Crippen molar-refractivity contribution >= 4 is 17.7 Å². The van der Waals surface area contributed by atoms with Crippen LogP contribution < -0.4 is 11.1 Å². The van der Waals surface area contributed by atoms with E-state index in [1.807, 2.05) is 0 Å². The molecule has 1 aromatic rings. The number of carbonyl (C=O) groups excluding carboxylic acids is 1. The van der Waals surface area contributed by atoms with Crippen LogP contribution >= 0.6 is 0 Å². The molecule has 0 aromatic carbocycles. The molecule has 1 fully saturated rings. The number of carbonyl (C=O) groups is 2. The first kappa shape index (κ1) is 13.3. The lowest BCUT2D eigenvalue weighted by molar-refractivity contribution is -0.142. The first-order valence-corrected chi connectivity index (χ1v) is 6.17. The third-order valence-electron chi connectivity index (χ3n) is 3.44. The summed E-state index contributed by atoms with van der Waals surface area (Å²) in [5.74, 6) is -1.40. The van der Waals surface area contributed by atoms with Crippen LogP contribution in [0.15, 0.2) is 12.4 Å². The summed E-state index contributed by atoms with van der Waals surface area (Å²) in [6.45, 7) is 0.454. The molecular weight excluding hydrogens is 248 g/mol. The van der Waals surface area contributed by atoms with E-state index in [-0.39, 0.29) is 17.5 Å². The van der Waals surface area contributed by atoms with Crippen molar-refractivity contribution in [3.63, 3.8) is 0 Å². The Hall–Kier alpha value is -2.18. The number of anilines is 1. The van der Waals surface area contributed by atoms with E-state index in [0.717, 1.165) is 12.8 Å². The number of aromatic nitrogens is 2. The molecule has 0 saturated heterocycles. The summed E-state index contributed by atoms with van der Waals surface area (Å²) in [5, 5.41) is 12.1. The van der Waals surface area contributed by atoms with E-state index in [9.17, 15) is 9.59 Å². The number of amides is 1. The Morgan fingerprint density at radius 2 is 2.11 bits per heavy atom. The van der Waals surface area contributed by atoms with E-state index in [1.54, 1.807) is 0 Å². The van der Waals surface area contributed by atoms with Crippen molar-refractivity contribution in [1.82, 2.24) is 9.97 Å². The number of nitrogens with two attached hydrogens (primary N) is 1. The number of nitrogens with one attached hydrogen (secondary N) is 1. The summed E-state index contributed by atoms with van der Waals surface area (Å²) in [6.07, 6.45) is 5.31. The second kappa shape index (κ2) is 5.64. The molecule has 0 spiro atoms. The molecule has 0 bridgehead atoms. The minimum absolute atomic E-state index is 0.0419. The van der Waals surface area contributed by atoms with E-state index < -0.39 is 11.9 Å². The topological polar surface area (TPSA) is 118 Å². The average Bonchev–Trinajstić information content (AvgIpc) is 2.85. The molecule has 102 valence electrons. The maximum absolute atomic E-state index is 11.2. The van der Waals surface area contributed by atoms with Crippen LogP contribution in [0.5, 0.6) is 0 Å². The van der Waals surface area contributed by atoms with Gasteiger partial charge in [0.25, 0.3) is 5.91 Å². The molecule has 1 saturated carbocycles. The van der Waals surface area contributed by atoms with Crippen LogP contribution in [0, 0.1) is 11.8 Å². The zero-order chi connectivity index (χ0) is 13.8. The fourth-order valence-electron chi connectivity index (χ4n) is 2.48. The quantitative estimate of drug-likeness (QED) is 0.712. The lowest BCUT2D eigenvalue weighted by atomic mass is 9.96. The number of hydrogen-bond donors (Lipinski definition) is 3. The first-order valence-electron chi connectivity index (χ1n) is 6.17. The minimum atomic E-state index is -0.765. The molecule has 2 atom stereocenters. The minimum Gasteiger partial charge on any atom is -0.481 e. The van der Waals surface area contributed by atoms with Gasteiger partial charge in [0.15, 0.2) is 11.5 Å². The van der Waals surface area contributed by atoms with Gasteiger partial charge in [0.2, 0.25) is 0 Å². The SMILES string of the molecule is NC(=O)c1nccnc1NCC1CCCC1C(=O)O. The van der Waals surface area contributed by atoms with E-state index >= 15 is 0 Å². The van der Waals surface area contributed by atoms with Gasteiger partial charge in [-0.1, -0.05) is 6.42 Å². The van der Waals surface area contributed by atoms with Crippen LogP contribution in [-0.4, -0.2) is 33.5 Å². The van der Waals surface area contributed by atoms with Crippen LogP contribution in [-0.2, 0) is 4.79 Å². The summed E-state index contributed by atoms with van der Waals surface area (Å²) < 4.78 is 0. The lowest BCUT2D eigenvalue weighted by Crippen LogP contribution is -2.26. The predicted octanol–water partition coefficient (Wildman–Crippen LogP) is 0.488. The van der Waals surface area contributed by atoms with Gasteiger partial charge in [0, 0.05) is 18.9 Å². The smallest absolute Gasteiger partial charge is 0.306 e. The molecule has 1 amide bonds. The van der Waals surface area contributed by atoms with Crippen molar-refractivity contribution in [3.05, 3.63) is 18.1 Å². The Bertz CT molecular complexity index is 492. The highest BCUT2D eigenvalue weighted by Gasteiger charge is 2.32. The number of carboxylic acids is 1. The number of carboxylic acid groups (broad SMARTS) is 1. The van der Waals surface area contributed by atoms with Crippen molar-refractivity contribution in [2.45, 2.75) is 19.3 Å². The molecule has 7 nitrogen and oxygen atoms in total. The fourth-order valence-corrected chi connectivity index (χ4v) is 2.48. The summed E-state index contributed by atoms with van der Waals surface area (Å²) in [4.78, 5) is 30.1. The van der Waals surface area contributed by atoms with Gasteiger partial charge in [0.05, 0.1) is 5.92 Å². The van der Waals surface area contributed by atoms with Crippen molar-refractivity contribution in [3.8, 4) is 0 Å². The Morgan fingerprint density at radius 3 is 2.79 bits per heavy atom. The average molecular weight is 264 g/mol. The normalized spacial score (nSPS) is 22.1. The van der Waals surface area contributed by atoms with Crippen molar-refractivity contribution in [2.75, 3.05) is 11.9 Å². The van der Waals surface area contributed by atoms with Crippen molar-refractivity contribution in [2.24, 2.45) is 17.6 Å². The zero-order valence-electron chi connectivity index (χ0n) is 10.4. The van der Waals surface area contributed by atoms with Gasteiger partial charge in [0.1, 0.15) is 0 Å². The van der Waals surface area contributed by atoms with E-state index in [1.165, 1.54) is 12.4 Å². The largest absolute Gasteiger partial charge is 0.481 e. The van der Waals surface area contributed by atoms with Gasteiger partial charge in [-0.2, -0.15) is 0 Å². The first-order chi connectivity index (χ1) is 9.09. The molecule has 1 aliphatic carbocycles. The third kappa shape index (κ3) is 2.98. The van der Waals surface area contributed by atoms with E-state index in [2.05, 4.69) is 15.3 Å². The summed E-state index contributed by atoms with van der Waals surface area (Å²) >= 11 is 0. The molecule has 0 radical (unpaired) electrons. The second-order valence-corrected chi connectivity index (χ2v) is 4.63. The number of aliphatic carboxylic acids is 1. The lowest BCUT2D eigenvalue weighted by Gasteiger charge is -2.17. The van der Waals surface area contributed by atoms with Gasteiger partial charge in [-0.25, -0.2) is 9.97 Å². The van der Waals surface area contributed by atoms with Gasteiger partial charge in [-0.15, -0.1) is 0 Å². The molecule has 7 heteroatoms. The molecule has 0 aliphatic heterocycles. The van der Waals surface area contributed by atoms with Crippen LogP contribution in [0.25, 0.3) is 0 Å². The molecular formula is C12H16N4O3. The van der Waals surface area contributed by atoms with E-state index in [0.29, 0.717) is 18.8 Å². The molecule has 1 aliphatic rings. The highest BCUT2D eigenvalue weighted by Crippen LogP contribution is 2.32. The monoisotopic (exact) mass is 264 g/mol. The summed E-state index contributed by atoms with van der Waals surface area (Å²) in [6, 6.07) is 0. The van der Waals surface area contributed by atoms with Gasteiger partial charge < -0.3 is 16.2 Å². The number of nitrogens with zero attached hydrogens (tertiary/aromatic N) is 2. The van der Waals surface area contributed by atoms with E-state index in [4.69, 9.17) is 10.8 Å². The Balaban J connectivity index is 2.03. The number of primary amides is 1. The predicted molar refractivity (Wildman–Crippen MR) is 67.5 cm³/mol. The van der Waals surface area contributed by atoms with Gasteiger partial charge >= 0.3 is 5.97 Å². The zero-order valence-corrected chi connectivity index (χ0v) is 10.4. The molecule has 2 rings (SSSR count). The van der Waals surface area contributed by atoms with Crippen LogP contribution in [0.2, 0.25) is 0 Å². The van der Waals surface area contributed by atoms with Crippen LogP contribution in [0.1, 0.15) is 29.8 Å². The molecule has 1 heterocycles. The van der Waals surface area contributed by atoms with Crippen LogP contribution in [0.3, 0.4) is 0 Å². The standard InChI is InChI=1S/C12H16N4O3/c13-10(17)9-11(15-5-4-14-9)16-6-7-2-1-3-8(7)12(18)19/h4-5,7-8H,1-3,6H2,(H2,13,17)(H,15,16)(H,18,19). The van der Waals surface area contributed by atoms with Gasteiger partial charge in [-0.05, 0) is 18.8 Å². The maximum Gasteiger partial charge on any atom is 0.306 e. The molecule has 1 aromatic heterocycles. The highest BCUT2D eigenvalue weighted by atomic mass is 16.4. The second-order valence-electron chi connectivity index (χ2n) is 4.63. The summed E-state index contributed by atoms with van der Waals surface area (Å²) in [5.41, 5.74) is 5.27. The Labute approximate surface area is 110 Å². The maximum atomic E-state index is 11.2. The Morgan fingerprint density at radius 1 is 1.37 bits per heavy atom. The van der Waals surface area contributed by atoms with Crippen LogP contribution in [0.4, 0.5) is 5.82 Å². The van der Waals surface area contributed by atoms with Gasteiger partial charge in [-0.3, -0.25) is 9.59 Å².